The molecular formula is C44H49ClN4O6. The molecule has 3 aliphatic rings. The van der Waals surface area contributed by atoms with Gasteiger partial charge < -0.3 is 29.0 Å². The number of nitriles is 1. The molecule has 2 fully saturated rings. The second kappa shape index (κ2) is 17.8. The number of piperidine rings is 1. The number of carboxylic acid groups (broad SMARTS) is 1. The van der Waals surface area contributed by atoms with Crippen LogP contribution in [0.1, 0.15) is 73.3 Å². The van der Waals surface area contributed by atoms with Crippen LogP contribution in [-0.4, -0.2) is 70.8 Å². The van der Waals surface area contributed by atoms with Crippen molar-refractivity contribution in [3.63, 3.8) is 0 Å². The Bertz CT molecular complexity index is 2030. The maximum absolute atomic E-state index is 12.1. The Labute approximate surface area is 328 Å². The molecule has 1 unspecified atom stereocenters. The van der Waals surface area contributed by atoms with E-state index in [4.69, 9.17) is 30.5 Å². The lowest BCUT2D eigenvalue weighted by molar-refractivity contribution is -0.144. The maximum atomic E-state index is 12.1. The minimum atomic E-state index is -0.830. The van der Waals surface area contributed by atoms with Crippen LogP contribution in [-0.2, 0) is 24.6 Å². The normalized spacial score (nSPS) is 19.9. The van der Waals surface area contributed by atoms with Crippen molar-refractivity contribution < 1.29 is 28.8 Å². The Balaban J connectivity index is 1.07. The van der Waals surface area contributed by atoms with E-state index in [1.54, 1.807) is 18.3 Å². The van der Waals surface area contributed by atoms with Gasteiger partial charge in [-0.05, 0) is 91.7 Å². The number of fused-ring (bicyclic) bond motifs is 1. The predicted molar refractivity (Wildman–Crippen MR) is 211 cm³/mol. The highest BCUT2D eigenvalue weighted by Crippen LogP contribution is 2.39. The fourth-order valence-corrected chi connectivity index (χ4v) is 8.16. The molecule has 11 heteroatoms. The van der Waals surface area contributed by atoms with Gasteiger partial charge in [0.2, 0.25) is 0 Å². The van der Waals surface area contributed by atoms with E-state index in [0.717, 1.165) is 76.6 Å². The van der Waals surface area contributed by atoms with Gasteiger partial charge in [-0.1, -0.05) is 55.6 Å². The monoisotopic (exact) mass is 764 g/mol. The second-order valence-corrected chi connectivity index (χ2v) is 15.3. The predicted octanol–water partition coefficient (Wildman–Crippen LogP) is 8.44. The van der Waals surface area contributed by atoms with Gasteiger partial charge in [-0.15, -0.1) is 0 Å². The van der Waals surface area contributed by atoms with Gasteiger partial charge in [0.25, 0.3) is 0 Å². The molecule has 1 aromatic heterocycles. The van der Waals surface area contributed by atoms with Crippen LogP contribution in [0.2, 0.25) is 5.02 Å². The summed E-state index contributed by atoms with van der Waals surface area (Å²) in [6.07, 6.45) is 9.05. The van der Waals surface area contributed by atoms with E-state index in [-0.39, 0.29) is 19.3 Å². The lowest BCUT2D eigenvalue weighted by Gasteiger charge is -2.33. The number of halogens is 1. The fourth-order valence-electron chi connectivity index (χ4n) is 7.92. The first-order valence-corrected chi connectivity index (χ1v) is 19.8. The van der Waals surface area contributed by atoms with Crippen LogP contribution in [0.3, 0.4) is 0 Å². The molecule has 3 aliphatic heterocycles. The lowest BCUT2D eigenvalue weighted by atomic mass is 9.96. The third kappa shape index (κ3) is 9.35. The van der Waals surface area contributed by atoms with Crippen molar-refractivity contribution in [1.29, 1.82) is 5.26 Å². The minimum Gasteiger partial charge on any atom is -0.488 e. The van der Waals surface area contributed by atoms with Gasteiger partial charge >= 0.3 is 5.97 Å². The van der Waals surface area contributed by atoms with Crippen LogP contribution in [0.4, 0.5) is 0 Å². The number of aromatic nitrogens is 1. The van der Waals surface area contributed by atoms with Gasteiger partial charge in [-0.25, -0.2) is 0 Å². The van der Waals surface area contributed by atoms with Gasteiger partial charge in [-0.3, -0.25) is 14.7 Å². The summed E-state index contributed by atoms with van der Waals surface area (Å²) in [5, 5.41) is 19.7. The number of ether oxygens (including phenoxy) is 4. The highest BCUT2D eigenvalue weighted by Gasteiger charge is 2.30. The number of aliphatic carboxylic acids is 1. The van der Waals surface area contributed by atoms with Crippen molar-refractivity contribution in [1.82, 2.24) is 14.8 Å². The van der Waals surface area contributed by atoms with Crippen LogP contribution in [0.5, 0.6) is 23.0 Å². The van der Waals surface area contributed by atoms with Crippen LogP contribution >= 0.6 is 11.6 Å². The molecule has 1 N–H and O–H groups in total. The first kappa shape index (κ1) is 38.5. The summed E-state index contributed by atoms with van der Waals surface area (Å²) in [4.78, 5) is 20.8. The van der Waals surface area contributed by atoms with Gasteiger partial charge in [0.15, 0.2) is 11.5 Å². The second-order valence-electron chi connectivity index (χ2n) is 14.9. The lowest BCUT2D eigenvalue weighted by Crippen LogP contribution is -2.44. The number of pyridine rings is 1. The third-order valence-corrected chi connectivity index (χ3v) is 11.5. The molecule has 10 nitrogen and oxygen atoms in total. The van der Waals surface area contributed by atoms with Gasteiger partial charge in [0.1, 0.15) is 49.5 Å². The molecule has 0 saturated carbocycles. The Morgan fingerprint density at radius 2 is 1.89 bits per heavy atom. The molecule has 3 atom stereocenters. The molecule has 288 valence electrons. The molecule has 55 heavy (non-hydrogen) atoms. The van der Waals surface area contributed by atoms with Crippen LogP contribution in [0.25, 0.3) is 11.1 Å². The van der Waals surface area contributed by atoms with Gasteiger partial charge in [-0.2, -0.15) is 5.26 Å². The standard InChI is InChI=1S/C44H49ClN4O6/c1-3-30-12-15-48(24-30)16-13-36-28-54-40-11-10-33(19-43(40)55-36)37-8-6-7-34(29(37)2)27-53-42-20-41(52-26-32-17-31(21-46)22-47-23-32)35(18-38(42)45)25-49-14-5-4-9-39(49)44(50)51/h6-8,10-11,17-20,22-23,30,36,39H,3-5,9,12-16,24-28H2,1-2H3,(H,50,51)/t30-,36?,39+/m1/s1. The Hall–Kier alpha value is -4.82. The zero-order valence-electron chi connectivity index (χ0n) is 31.6. The molecule has 4 aromatic rings. The molecule has 7 rings (SSSR count). The molecule has 0 spiro atoms. The number of rotatable bonds is 14. The molecular weight excluding hydrogens is 716 g/mol. The molecule has 2 saturated heterocycles. The summed E-state index contributed by atoms with van der Waals surface area (Å²) in [5.41, 5.74) is 6.13. The van der Waals surface area contributed by atoms with Crippen LogP contribution < -0.4 is 18.9 Å². The summed E-state index contributed by atoms with van der Waals surface area (Å²) in [6, 6.07) is 19.2. The zero-order chi connectivity index (χ0) is 38.3. The average Bonchev–Trinajstić information content (AvgIpc) is 3.68. The number of nitrogens with zero attached hydrogens (tertiary/aromatic N) is 4. The summed E-state index contributed by atoms with van der Waals surface area (Å²) >= 11 is 6.87. The maximum Gasteiger partial charge on any atom is 0.320 e. The number of benzene rings is 3. The van der Waals surface area contributed by atoms with E-state index >= 15 is 0 Å². The minimum absolute atomic E-state index is 0.0205. The quantitative estimate of drug-likeness (QED) is 0.134. The summed E-state index contributed by atoms with van der Waals surface area (Å²) in [6.45, 7) is 9.76. The smallest absolute Gasteiger partial charge is 0.320 e. The van der Waals surface area contributed by atoms with E-state index < -0.39 is 12.0 Å². The number of hydrogen-bond donors (Lipinski definition) is 1. The van der Waals surface area contributed by atoms with E-state index in [2.05, 4.69) is 48.0 Å². The van der Waals surface area contributed by atoms with E-state index in [1.807, 2.05) is 29.2 Å². The van der Waals surface area contributed by atoms with E-state index in [9.17, 15) is 15.2 Å². The van der Waals surface area contributed by atoms with Crippen LogP contribution in [0.15, 0.2) is 67.0 Å². The van der Waals surface area contributed by atoms with E-state index in [1.165, 1.54) is 32.1 Å². The first-order valence-electron chi connectivity index (χ1n) is 19.4. The number of likely N-dealkylation sites (tertiary alicyclic amines) is 2. The van der Waals surface area contributed by atoms with E-state index in [0.29, 0.717) is 48.2 Å². The number of hydrogen-bond acceptors (Lipinski definition) is 9. The molecule has 0 amide bonds. The SMILES string of the molecule is CC[C@@H]1CCN(CCC2COc3ccc(-c4cccc(COc5cc(OCc6cncc(C#N)c6)c(CN6CCCC[C@H]6C(=O)O)cc5Cl)c4C)cc3O2)C1. The van der Waals surface area contributed by atoms with Crippen molar-refractivity contribution in [2.75, 3.05) is 32.8 Å². The van der Waals surface area contributed by atoms with Gasteiger partial charge in [0.05, 0.1) is 10.6 Å². The summed E-state index contributed by atoms with van der Waals surface area (Å²) in [5.74, 6) is 2.51. The summed E-state index contributed by atoms with van der Waals surface area (Å²) < 4.78 is 25.3. The highest BCUT2D eigenvalue weighted by molar-refractivity contribution is 6.32. The van der Waals surface area contributed by atoms with Gasteiger partial charge in [0, 0.05) is 55.6 Å². The number of carboxylic acids is 1. The third-order valence-electron chi connectivity index (χ3n) is 11.2. The van der Waals surface area contributed by atoms with Crippen LogP contribution in [0, 0.1) is 24.2 Å². The Morgan fingerprint density at radius 3 is 2.71 bits per heavy atom. The largest absolute Gasteiger partial charge is 0.488 e. The molecule has 0 bridgehead atoms. The fraction of sp³-hybridized carbons (Fsp3) is 0.432. The van der Waals surface area contributed by atoms with Crippen molar-refractivity contribution in [3.8, 4) is 40.2 Å². The molecule has 4 heterocycles. The van der Waals surface area contributed by atoms with Crippen molar-refractivity contribution >= 4 is 17.6 Å². The summed E-state index contributed by atoms with van der Waals surface area (Å²) in [7, 11) is 0. The van der Waals surface area contributed by atoms with Crippen molar-refractivity contribution in [2.24, 2.45) is 5.92 Å². The molecule has 0 radical (unpaired) electrons. The Morgan fingerprint density at radius 1 is 1.02 bits per heavy atom. The Kier molecular flexibility index (Phi) is 12.4. The first-order chi connectivity index (χ1) is 26.8. The highest BCUT2D eigenvalue weighted by atomic mass is 35.5. The molecule has 3 aromatic carbocycles. The molecule has 0 aliphatic carbocycles. The van der Waals surface area contributed by atoms with Crippen molar-refractivity contribution in [3.05, 3.63) is 99.8 Å². The number of carbonyl (C=O) groups is 1. The average molecular weight is 765 g/mol. The topological polar surface area (TPSA) is 117 Å². The zero-order valence-corrected chi connectivity index (χ0v) is 32.4. The van der Waals surface area contributed by atoms with Crippen molar-refractivity contribution in [2.45, 2.75) is 84.3 Å².